The molecule has 2 aromatic heterocycles. The van der Waals surface area contributed by atoms with Gasteiger partial charge in [0.15, 0.2) is 11.5 Å². The molecule has 3 heterocycles. The normalized spacial score (nSPS) is 16.4. The summed E-state index contributed by atoms with van der Waals surface area (Å²) in [5.74, 6) is 1.48. The number of nitrogens with zero attached hydrogens (tertiary/aromatic N) is 5. The Labute approximate surface area is 106 Å². The second-order valence-corrected chi connectivity index (χ2v) is 4.64. The van der Waals surface area contributed by atoms with E-state index in [1.54, 1.807) is 0 Å². The van der Waals surface area contributed by atoms with E-state index in [0.29, 0.717) is 5.82 Å². The number of piperidine rings is 1. The van der Waals surface area contributed by atoms with Crippen LogP contribution in [0.1, 0.15) is 26.2 Å². The largest absolute Gasteiger partial charge is 0.383 e. The van der Waals surface area contributed by atoms with Crippen molar-refractivity contribution in [2.45, 2.75) is 32.7 Å². The van der Waals surface area contributed by atoms with Crippen molar-refractivity contribution in [3.8, 4) is 0 Å². The summed E-state index contributed by atoms with van der Waals surface area (Å²) in [7, 11) is 0. The molecule has 0 aromatic carbocycles. The zero-order valence-electron chi connectivity index (χ0n) is 10.6. The summed E-state index contributed by atoms with van der Waals surface area (Å²) < 4.78 is 1.90. The zero-order valence-corrected chi connectivity index (χ0v) is 10.6. The Morgan fingerprint density at radius 3 is 2.72 bits per heavy atom. The van der Waals surface area contributed by atoms with E-state index in [2.05, 4.69) is 26.9 Å². The highest BCUT2D eigenvalue weighted by atomic mass is 15.4. The maximum Gasteiger partial charge on any atom is 0.165 e. The number of anilines is 2. The highest BCUT2D eigenvalue weighted by molar-refractivity contribution is 5.96. The van der Waals surface area contributed by atoms with Gasteiger partial charge in [0.25, 0.3) is 0 Å². The molecular weight excluding hydrogens is 228 g/mol. The summed E-state index contributed by atoms with van der Waals surface area (Å²) in [6.45, 7) is 4.94. The maximum atomic E-state index is 6.00. The highest BCUT2D eigenvalue weighted by Crippen LogP contribution is 2.30. The first-order valence-electron chi connectivity index (χ1n) is 6.53. The smallest absolute Gasteiger partial charge is 0.165 e. The molecule has 1 aliphatic rings. The van der Waals surface area contributed by atoms with Crippen LogP contribution in [0.5, 0.6) is 0 Å². The Kier molecular flexibility index (Phi) is 2.77. The number of rotatable bonds is 2. The minimum Gasteiger partial charge on any atom is -0.383 e. The van der Waals surface area contributed by atoms with Crippen LogP contribution in [0, 0.1) is 0 Å². The first-order chi connectivity index (χ1) is 8.81. The molecular formula is C12H18N6. The van der Waals surface area contributed by atoms with Gasteiger partial charge in [-0.25, -0.2) is 14.6 Å². The number of nitrogens with two attached hydrogens (primary N) is 1. The third-order valence-electron chi connectivity index (χ3n) is 3.50. The minimum absolute atomic E-state index is 0.528. The third kappa shape index (κ3) is 1.68. The summed E-state index contributed by atoms with van der Waals surface area (Å²) in [4.78, 5) is 10.7. The second-order valence-electron chi connectivity index (χ2n) is 4.64. The number of aryl methyl sites for hydroxylation is 1. The van der Waals surface area contributed by atoms with E-state index >= 15 is 0 Å². The summed E-state index contributed by atoms with van der Waals surface area (Å²) in [6.07, 6.45) is 5.24. The topological polar surface area (TPSA) is 72.9 Å². The van der Waals surface area contributed by atoms with Gasteiger partial charge in [-0.15, -0.1) is 0 Å². The fourth-order valence-electron chi connectivity index (χ4n) is 2.56. The predicted molar refractivity (Wildman–Crippen MR) is 71.5 cm³/mol. The van der Waals surface area contributed by atoms with Crippen LogP contribution in [0.15, 0.2) is 6.33 Å². The number of nitrogen functional groups attached to an aromatic ring is 1. The molecule has 0 amide bonds. The predicted octanol–water partition coefficient (Wildman–Crippen LogP) is 1.42. The van der Waals surface area contributed by atoms with Crippen LogP contribution < -0.4 is 10.6 Å². The monoisotopic (exact) mass is 246 g/mol. The van der Waals surface area contributed by atoms with E-state index in [1.165, 1.54) is 25.6 Å². The van der Waals surface area contributed by atoms with Gasteiger partial charge in [0.05, 0.1) is 0 Å². The molecule has 0 spiro atoms. The van der Waals surface area contributed by atoms with Gasteiger partial charge in [-0.1, -0.05) is 0 Å². The molecule has 6 heteroatoms. The Hall–Kier alpha value is -1.85. The van der Waals surface area contributed by atoms with Gasteiger partial charge in [-0.05, 0) is 26.2 Å². The number of fused-ring (bicyclic) bond motifs is 1. The van der Waals surface area contributed by atoms with Crippen LogP contribution in [0.3, 0.4) is 0 Å². The minimum atomic E-state index is 0.528. The van der Waals surface area contributed by atoms with Crippen LogP contribution in [0.2, 0.25) is 0 Å². The van der Waals surface area contributed by atoms with Crippen molar-refractivity contribution >= 4 is 22.7 Å². The molecule has 0 aliphatic carbocycles. The lowest BCUT2D eigenvalue weighted by atomic mass is 10.1. The van der Waals surface area contributed by atoms with E-state index in [-0.39, 0.29) is 0 Å². The fourth-order valence-corrected chi connectivity index (χ4v) is 2.56. The van der Waals surface area contributed by atoms with E-state index in [4.69, 9.17) is 5.73 Å². The van der Waals surface area contributed by atoms with Gasteiger partial charge in [-0.2, -0.15) is 5.10 Å². The first-order valence-corrected chi connectivity index (χ1v) is 6.53. The quantitative estimate of drug-likeness (QED) is 0.867. The van der Waals surface area contributed by atoms with Crippen LogP contribution >= 0.6 is 0 Å². The molecule has 6 nitrogen and oxygen atoms in total. The number of aromatic nitrogens is 4. The Morgan fingerprint density at radius 1 is 1.22 bits per heavy atom. The molecule has 0 radical (unpaired) electrons. The van der Waals surface area contributed by atoms with E-state index < -0.39 is 0 Å². The van der Waals surface area contributed by atoms with Gasteiger partial charge in [0.1, 0.15) is 17.5 Å². The van der Waals surface area contributed by atoms with Gasteiger partial charge >= 0.3 is 0 Å². The molecule has 3 rings (SSSR count). The molecule has 1 saturated heterocycles. The van der Waals surface area contributed by atoms with Crippen LogP contribution in [-0.4, -0.2) is 32.8 Å². The molecule has 96 valence electrons. The second kappa shape index (κ2) is 4.44. The van der Waals surface area contributed by atoms with Gasteiger partial charge < -0.3 is 10.6 Å². The van der Waals surface area contributed by atoms with Crippen LogP contribution in [0.25, 0.3) is 11.0 Å². The van der Waals surface area contributed by atoms with Gasteiger partial charge in [0.2, 0.25) is 0 Å². The SMILES string of the molecule is CCn1nc(N2CCCCC2)c2c(N)ncnc21. The fraction of sp³-hybridized carbons (Fsp3) is 0.583. The lowest BCUT2D eigenvalue weighted by Crippen LogP contribution is -2.30. The summed E-state index contributed by atoms with van der Waals surface area (Å²) in [6, 6.07) is 0. The Morgan fingerprint density at radius 2 is 2.00 bits per heavy atom. The summed E-state index contributed by atoms with van der Waals surface area (Å²) >= 11 is 0. The van der Waals surface area contributed by atoms with Gasteiger partial charge in [-0.3, -0.25) is 0 Å². The van der Waals surface area contributed by atoms with Gasteiger partial charge in [0, 0.05) is 19.6 Å². The molecule has 2 aromatic rings. The first kappa shape index (κ1) is 11.3. The van der Waals surface area contributed by atoms with Crippen molar-refractivity contribution in [2.24, 2.45) is 0 Å². The van der Waals surface area contributed by atoms with Crippen molar-refractivity contribution in [3.63, 3.8) is 0 Å². The van der Waals surface area contributed by atoms with Crippen molar-refractivity contribution in [1.29, 1.82) is 0 Å². The van der Waals surface area contributed by atoms with Crippen LogP contribution in [0.4, 0.5) is 11.6 Å². The van der Waals surface area contributed by atoms with Crippen LogP contribution in [-0.2, 0) is 6.54 Å². The highest BCUT2D eigenvalue weighted by Gasteiger charge is 2.21. The standard InChI is InChI=1S/C12H18N6/c1-2-18-11-9(10(13)14-8-15-11)12(16-18)17-6-4-3-5-7-17/h8H,2-7H2,1H3,(H2,13,14,15). The average molecular weight is 246 g/mol. The van der Waals surface area contributed by atoms with E-state index in [1.807, 2.05) is 4.68 Å². The Bertz CT molecular complexity index is 555. The molecule has 1 fully saturated rings. The maximum absolute atomic E-state index is 6.00. The third-order valence-corrected chi connectivity index (χ3v) is 3.50. The van der Waals surface area contributed by atoms with Crippen molar-refractivity contribution in [1.82, 2.24) is 19.7 Å². The molecule has 0 saturated carbocycles. The molecule has 1 aliphatic heterocycles. The van der Waals surface area contributed by atoms with E-state index in [0.717, 1.165) is 36.5 Å². The van der Waals surface area contributed by atoms with Crippen molar-refractivity contribution in [2.75, 3.05) is 23.7 Å². The molecule has 0 unspecified atom stereocenters. The average Bonchev–Trinajstić information content (AvgIpc) is 2.80. The van der Waals surface area contributed by atoms with Crippen molar-refractivity contribution in [3.05, 3.63) is 6.33 Å². The lowest BCUT2D eigenvalue weighted by molar-refractivity contribution is 0.567. The number of hydrogen-bond acceptors (Lipinski definition) is 5. The molecule has 0 bridgehead atoms. The number of hydrogen-bond donors (Lipinski definition) is 1. The lowest BCUT2D eigenvalue weighted by Gasteiger charge is -2.26. The molecule has 18 heavy (non-hydrogen) atoms. The molecule has 0 atom stereocenters. The zero-order chi connectivity index (χ0) is 12.5. The molecule has 2 N–H and O–H groups in total. The van der Waals surface area contributed by atoms with Crippen molar-refractivity contribution < 1.29 is 0 Å². The summed E-state index contributed by atoms with van der Waals surface area (Å²) in [5, 5.41) is 5.56. The van der Waals surface area contributed by atoms with E-state index in [9.17, 15) is 0 Å². The summed E-state index contributed by atoms with van der Waals surface area (Å²) in [5.41, 5.74) is 6.84. The Balaban J connectivity index is 2.15.